The molecule has 0 bridgehead atoms. The molecule has 0 saturated carbocycles. The highest BCUT2D eigenvalue weighted by Gasteiger charge is 2.20. The summed E-state index contributed by atoms with van der Waals surface area (Å²) in [6.45, 7) is 5.85. The molecule has 172 valence electrons. The Labute approximate surface area is 183 Å². The molecule has 0 rings (SSSR count). The Morgan fingerprint density at radius 3 is 2.30 bits per heavy atom. The molecule has 0 radical (unpaired) electrons. The lowest BCUT2D eigenvalue weighted by Gasteiger charge is -2.25. The van der Waals surface area contributed by atoms with Gasteiger partial charge < -0.3 is 9.84 Å². The Balaban J connectivity index is 4.06. The van der Waals surface area contributed by atoms with Gasteiger partial charge in [-0.2, -0.15) is 0 Å². The fourth-order valence-corrected chi connectivity index (χ4v) is 2.45. The van der Waals surface area contributed by atoms with E-state index in [4.69, 9.17) is 19.6 Å². The molecular weight excluding hydrogens is 380 g/mol. The van der Waals surface area contributed by atoms with E-state index in [1.54, 1.807) is 7.11 Å². The molecule has 0 spiro atoms. The van der Waals surface area contributed by atoms with E-state index in [-0.39, 0.29) is 12.5 Å². The molecule has 0 fully saturated rings. The predicted octanol–water partition coefficient (Wildman–Crippen LogP) is 6.92. The molecule has 5 nitrogen and oxygen atoms in total. The van der Waals surface area contributed by atoms with Crippen molar-refractivity contribution in [3.63, 3.8) is 0 Å². The SMILES string of the molecule is CCCCCC(C/C=C/C=C\C/C=C\C/C=C\CCCC(=O)O)OOC(C)(C)OC. The lowest BCUT2D eigenvalue weighted by Crippen LogP contribution is -2.29. The van der Waals surface area contributed by atoms with Crippen molar-refractivity contribution in [2.75, 3.05) is 7.11 Å². The van der Waals surface area contributed by atoms with Gasteiger partial charge in [-0.3, -0.25) is 4.79 Å². The summed E-state index contributed by atoms with van der Waals surface area (Å²) in [5.74, 6) is -1.47. The molecular formula is C25H42O5. The number of ether oxygens (including phenoxy) is 1. The molecule has 1 unspecified atom stereocenters. The average Bonchev–Trinajstić information content (AvgIpc) is 2.71. The molecule has 1 N–H and O–H groups in total. The van der Waals surface area contributed by atoms with Gasteiger partial charge in [0.2, 0.25) is 0 Å². The van der Waals surface area contributed by atoms with Crippen LogP contribution in [0.4, 0.5) is 0 Å². The van der Waals surface area contributed by atoms with Gasteiger partial charge in [0.25, 0.3) is 0 Å². The van der Waals surface area contributed by atoms with E-state index in [9.17, 15) is 4.79 Å². The second-order valence-electron chi connectivity index (χ2n) is 7.69. The minimum absolute atomic E-state index is 0.0257. The standard InChI is InChI=1S/C25H42O5/c1-5-6-17-20-23(29-30-25(2,3)28-4)21-18-15-13-11-9-7-8-10-12-14-16-19-22-24(26)27/h7-8,11-15,18,23H,5-6,9-10,16-17,19-22H2,1-4H3,(H,26,27)/b8-7-,13-11-,14-12-,18-15+. The van der Waals surface area contributed by atoms with Crippen LogP contribution in [0.3, 0.4) is 0 Å². The zero-order valence-corrected chi connectivity index (χ0v) is 19.3. The lowest BCUT2D eigenvalue weighted by molar-refractivity contribution is -0.430. The Kier molecular flexibility index (Phi) is 18.2. The molecule has 0 aliphatic rings. The molecule has 0 heterocycles. The highest BCUT2D eigenvalue weighted by Crippen LogP contribution is 2.17. The van der Waals surface area contributed by atoms with E-state index < -0.39 is 11.8 Å². The lowest BCUT2D eigenvalue weighted by atomic mass is 10.1. The van der Waals surface area contributed by atoms with Gasteiger partial charge in [-0.05, 0) is 52.4 Å². The van der Waals surface area contributed by atoms with Gasteiger partial charge in [-0.1, -0.05) is 74.8 Å². The van der Waals surface area contributed by atoms with Gasteiger partial charge in [0, 0.05) is 13.5 Å². The minimum Gasteiger partial charge on any atom is -0.481 e. The first-order valence-electron chi connectivity index (χ1n) is 11.1. The number of carboxylic acid groups (broad SMARTS) is 1. The van der Waals surface area contributed by atoms with E-state index in [0.717, 1.165) is 38.5 Å². The highest BCUT2D eigenvalue weighted by atomic mass is 17.2. The van der Waals surface area contributed by atoms with Crippen LogP contribution in [0, 0.1) is 0 Å². The number of unbranched alkanes of at least 4 members (excludes halogenated alkanes) is 3. The first-order valence-corrected chi connectivity index (χ1v) is 11.1. The predicted molar refractivity (Wildman–Crippen MR) is 123 cm³/mol. The van der Waals surface area contributed by atoms with E-state index >= 15 is 0 Å². The van der Waals surface area contributed by atoms with Crippen molar-refractivity contribution in [1.82, 2.24) is 0 Å². The molecule has 30 heavy (non-hydrogen) atoms. The second-order valence-corrected chi connectivity index (χ2v) is 7.69. The monoisotopic (exact) mass is 422 g/mol. The number of methoxy groups -OCH3 is 1. The molecule has 0 saturated heterocycles. The Morgan fingerprint density at radius 2 is 1.63 bits per heavy atom. The van der Waals surface area contributed by atoms with Crippen LogP contribution >= 0.6 is 0 Å². The van der Waals surface area contributed by atoms with Gasteiger partial charge in [0.05, 0.1) is 6.10 Å². The van der Waals surface area contributed by atoms with Crippen LogP contribution in [-0.4, -0.2) is 30.1 Å². The van der Waals surface area contributed by atoms with Crippen LogP contribution in [0.5, 0.6) is 0 Å². The van der Waals surface area contributed by atoms with E-state index in [2.05, 4.69) is 43.4 Å². The minimum atomic E-state index is -0.743. The molecule has 0 amide bonds. The summed E-state index contributed by atoms with van der Waals surface area (Å²) in [6.07, 6.45) is 25.5. The maximum atomic E-state index is 10.4. The van der Waals surface area contributed by atoms with Crippen LogP contribution in [0.15, 0.2) is 48.6 Å². The van der Waals surface area contributed by atoms with Crippen LogP contribution in [0.2, 0.25) is 0 Å². The second kappa shape index (κ2) is 19.3. The summed E-state index contributed by atoms with van der Waals surface area (Å²) in [7, 11) is 1.60. The highest BCUT2D eigenvalue weighted by molar-refractivity contribution is 5.66. The van der Waals surface area contributed by atoms with E-state index in [1.165, 1.54) is 12.8 Å². The number of carbonyl (C=O) groups is 1. The zero-order valence-electron chi connectivity index (χ0n) is 19.3. The third kappa shape index (κ3) is 19.6. The van der Waals surface area contributed by atoms with Crippen LogP contribution < -0.4 is 0 Å². The average molecular weight is 423 g/mol. The molecule has 0 aromatic carbocycles. The summed E-state index contributed by atoms with van der Waals surface area (Å²) >= 11 is 0. The summed E-state index contributed by atoms with van der Waals surface area (Å²) in [5, 5.41) is 8.56. The van der Waals surface area contributed by atoms with Crippen molar-refractivity contribution in [2.24, 2.45) is 0 Å². The van der Waals surface area contributed by atoms with Crippen LogP contribution in [-0.2, 0) is 19.3 Å². The fraction of sp³-hybridized carbons (Fsp3) is 0.640. The van der Waals surface area contributed by atoms with E-state index in [1.807, 2.05) is 26.0 Å². The van der Waals surface area contributed by atoms with Gasteiger partial charge in [-0.15, -0.1) is 0 Å². The molecule has 1 atom stereocenters. The van der Waals surface area contributed by atoms with Crippen molar-refractivity contribution >= 4 is 5.97 Å². The Bertz CT molecular complexity index is 532. The Morgan fingerprint density at radius 1 is 0.967 bits per heavy atom. The van der Waals surface area contributed by atoms with Crippen LogP contribution in [0.1, 0.15) is 85.0 Å². The van der Waals surface area contributed by atoms with Crippen molar-refractivity contribution in [1.29, 1.82) is 0 Å². The number of allylic oxidation sites excluding steroid dienone is 7. The smallest absolute Gasteiger partial charge is 0.303 e. The third-order valence-electron chi connectivity index (χ3n) is 4.43. The number of hydrogen-bond acceptors (Lipinski definition) is 4. The topological polar surface area (TPSA) is 65.0 Å². The maximum Gasteiger partial charge on any atom is 0.303 e. The van der Waals surface area contributed by atoms with Gasteiger partial charge >= 0.3 is 5.97 Å². The van der Waals surface area contributed by atoms with Gasteiger partial charge in [0.15, 0.2) is 5.79 Å². The number of hydrogen-bond donors (Lipinski definition) is 1. The molecule has 0 aliphatic carbocycles. The van der Waals surface area contributed by atoms with Crippen molar-refractivity contribution in [2.45, 2.75) is 96.9 Å². The van der Waals surface area contributed by atoms with Crippen molar-refractivity contribution < 1.29 is 24.4 Å². The third-order valence-corrected chi connectivity index (χ3v) is 4.43. The summed E-state index contributed by atoms with van der Waals surface area (Å²) in [5.41, 5.74) is 0. The van der Waals surface area contributed by atoms with Crippen LogP contribution in [0.25, 0.3) is 0 Å². The first-order chi connectivity index (χ1) is 14.4. The zero-order chi connectivity index (χ0) is 22.5. The normalized spacial score (nSPS) is 14.0. The maximum absolute atomic E-state index is 10.4. The summed E-state index contributed by atoms with van der Waals surface area (Å²) in [4.78, 5) is 21.4. The Hall–Kier alpha value is -1.69. The number of carboxylic acids is 1. The largest absolute Gasteiger partial charge is 0.481 e. The number of rotatable bonds is 19. The van der Waals surface area contributed by atoms with Crippen molar-refractivity contribution in [3.8, 4) is 0 Å². The van der Waals surface area contributed by atoms with Gasteiger partial charge in [0.1, 0.15) is 0 Å². The summed E-state index contributed by atoms with van der Waals surface area (Å²) in [6, 6.07) is 0. The van der Waals surface area contributed by atoms with E-state index in [0.29, 0.717) is 6.42 Å². The molecule has 0 aliphatic heterocycles. The molecule has 5 heteroatoms. The molecule has 0 aromatic rings. The first kappa shape index (κ1) is 28.3. The fourth-order valence-electron chi connectivity index (χ4n) is 2.45. The van der Waals surface area contributed by atoms with Crippen molar-refractivity contribution in [3.05, 3.63) is 48.6 Å². The summed E-state index contributed by atoms with van der Waals surface area (Å²) < 4.78 is 5.24. The quantitative estimate of drug-likeness (QED) is 0.0611. The number of aliphatic carboxylic acids is 1. The molecule has 0 aromatic heterocycles. The van der Waals surface area contributed by atoms with Gasteiger partial charge in [-0.25, -0.2) is 9.78 Å².